The van der Waals surface area contributed by atoms with Gasteiger partial charge in [-0.3, -0.25) is 23.5 Å². The van der Waals surface area contributed by atoms with Crippen molar-refractivity contribution in [3.8, 4) is 0 Å². The van der Waals surface area contributed by atoms with Gasteiger partial charge in [0.15, 0.2) is 0 Å². The molecule has 0 spiro atoms. The third-order valence-electron chi connectivity index (χ3n) is 6.24. The number of amides is 2. The first kappa shape index (κ1) is 27.8. The Kier molecular flexibility index (Phi) is 9.30. The molecule has 0 aliphatic heterocycles. The van der Waals surface area contributed by atoms with E-state index < -0.39 is 11.2 Å². The number of nitrogens with zero attached hydrogens (tertiary/aromatic N) is 2. The van der Waals surface area contributed by atoms with Gasteiger partial charge in [0, 0.05) is 37.4 Å². The van der Waals surface area contributed by atoms with Gasteiger partial charge < -0.3 is 15.4 Å². The molecule has 0 aliphatic rings. The summed E-state index contributed by atoms with van der Waals surface area (Å²) < 4.78 is 7.40. The number of rotatable bonds is 11. The van der Waals surface area contributed by atoms with Gasteiger partial charge in [-0.25, -0.2) is 4.79 Å². The number of carbonyl (C=O) groups is 2. The summed E-state index contributed by atoms with van der Waals surface area (Å²) in [5, 5.41) is 6.51. The molecule has 0 saturated heterocycles. The lowest BCUT2D eigenvalue weighted by Crippen LogP contribution is -2.43. The van der Waals surface area contributed by atoms with Crippen LogP contribution in [0.5, 0.6) is 0 Å². The number of ether oxygens (including phenoxy) is 1. The van der Waals surface area contributed by atoms with Crippen LogP contribution in [0.4, 0.5) is 0 Å². The van der Waals surface area contributed by atoms with E-state index >= 15 is 0 Å². The summed E-state index contributed by atoms with van der Waals surface area (Å²) in [5.41, 5.74) is 1.24. The monoisotopic (exact) mass is 548 g/mol. The number of fused-ring (bicyclic) bond motifs is 1. The van der Waals surface area contributed by atoms with Gasteiger partial charge in [-0.1, -0.05) is 54.1 Å². The number of nitrogens with one attached hydrogen (secondary N) is 2. The molecule has 9 nitrogen and oxygen atoms in total. The Labute approximate surface area is 230 Å². The molecule has 0 radical (unpaired) electrons. The van der Waals surface area contributed by atoms with E-state index in [1.165, 1.54) is 4.57 Å². The summed E-state index contributed by atoms with van der Waals surface area (Å²) in [4.78, 5) is 51.8. The maximum absolute atomic E-state index is 13.4. The van der Waals surface area contributed by atoms with Crippen LogP contribution in [0.3, 0.4) is 0 Å². The van der Waals surface area contributed by atoms with Crippen molar-refractivity contribution in [3.63, 3.8) is 0 Å². The summed E-state index contributed by atoms with van der Waals surface area (Å²) >= 11 is 6.15. The van der Waals surface area contributed by atoms with E-state index in [1.54, 1.807) is 61.7 Å². The molecule has 0 aliphatic carbocycles. The SMILES string of the molecule is COCCCNC(=O)Cn1c(=O)n(Cc2ccc(C(=O)NCc3ccccc3Cl)cc2)c(=O)c2ccccc21. The zero-order valence-corrected chi connectivity index (χ0v) is 22.2. The van der Waals surface area contributed by atoms with E-state index in [4.69, 9.17) is 16.3 Å². The molecular weight excluding hydrogens is 520 g/mol. The Balaban J connectivity index is 1.53. The molecule has 4 aromatic rings. The van der Waals surface area contributed by atoms with Gasteiger partial charge in [-0.05, 0) is 47.9 Å². The Morgan fingerprint density at radius 3 is 2.36 bits per heavy atom. The maximum Gasteiger partial charge on any atom is 0.332 e. The fourth-order valence-corrected chi connectivity index (χ4v) is 4.37. The summed E-state index contributed by atoms with van der Waals surface area (Å²) in [5.74, 6) is -0.612. The number of hydrogen-bond acceptors (Lipinski definition) is 5. The molecule has 0 unspecified atom stereocenters. The molecule has 0 fully saturated rings. The van der Waals surface area contributed by atoms with Crippen LogP contribution in [0.2, 0.25) is 5.02 Å². The van der Waals surface area contributed by atoms with Gasteiger partial charge in [0.1, 0.15) is 6.54 Å². The first-order valence-electron chi connectivity index (χ1n) is 12.5. The van der Waals surface area contributed by atoms with Crippen molar-refractivity contribution >= 4 is 34.3 Å². The van der Waals surface area contributed by atoms with Crippen LogP contribution in [0.1, 0.15) is 27.9 Å². The highest BCUT2D eigenvalue weighted by Gasteiger charge is 2.16. The standard InChI is InChI=1S/C29H29ClN4O5/c1-39-16-6-15-31-26(35)19-33-25-10-5-3-8-23(25)28(37)34(29(33)38)18-20-11-13-21(14-12-20)27(36)32-17-22-7-2-4-9-24(22)30/h2-5,7-14H,6,15-19H2,1H3,(H,31,35)(H,32,36). The molecule has 2 N–H and O–H groups in total. The normalized spacial score (nSPS) is 10.9. The molecule has 2 amide bonds. The largest absolute Gasteiger partial charge is 0.385 e. The fourth-order valence-electron chi connectivity index (χ4n) is 4.17. The van der Waals surface area contributed by atoms with Crippen molar-refractivity contribution < 1.29 is 14.3 Å². The topological polar surface area (TPSA) is 111 Å². The summed E-state index contributed by atoms with van der Waals surface area (Å²) in [7, 11) is 1.58. The minimum atomic E-state index is -0.590. The molecule has 1 aromatic heterocycles. The van der Waals surface area contributed by atoms with E-state index in [9.17, 15) is 19.2 Å². The van der Waals surface area contributed by atoms with Gasteiger partial charge in [0.05, 0.1) is 17.4 Å². The predicted octanol–water partition coefficient (Wildman–Crippen LogP) is 2.95. The zero-order chi connectivity index (χ0) is 27.8. The maximum atomic E-state index is 13.4. The number of carbonyl (C=O) groups excluding carboxylic acids is 2. The first-order chi connectivity index (χ1) is 18.9. The van der Waals surface area contributed by atoms with Crippen LogP contribution >= 0.6 is 11.6 Å². The van der Waals surface area contributed by atoms with Crippen molar-refractivity contribution in [1.29, 1.82) is 0 Å². The van der Waals surface area contributed by atoms with E-state index in [0.29, 0.717) is 46.6 Å². The molecule has 0 atom stereocenters. The number of para-hydroxylation sites is 1. The average Bonchev–Trinajstić information content (AvgIpc) is 2.95. The van der Waals surface area contributed by atoms with Crippen LogP contribution in [0, 0.1) is 0 Å². The number of hydrogen-bond donors (Lipinski definition) is 2. The quantitative estimate of drug-likeness (QED) is 0.280. The van der Waals surface area contributed by atoms with Gasteiger partial charge in [-0.15, -0.1) is 0 Å². The lowest BCUT2D eigenvalue weighted by atomic mass is 10.1. The minimum Gasteiger partial charge on any atom is -0.385 e. The van der Waals surface area contributed by atoms with Crippen molar-refractivity contribution in [2.24, 2.45) is 0 Å². The molecule has 10 heteroatoms. The average molecular weight is 549 g/mol. The Bertz CT molecular complexity index is 1590. The Morgan fingerprint density at radius 2 is 1.62 bits per heavy atom. The van der Waals surface area contributed by atoms with Crippen molar-refractivity contribution in [3.05, 3.63) is 115 Å². The van der Waals surface area contributed by atoms with E-state index in [1.807, 2.05) is 18.2 Å². The molecule has 3 aromatic carbocycles. The number of halogens is 1. The lowest BCUT2D eigenvalue weighted by Gasteiger charge is -2.14. The summed E-state index contributed by atoms with van der Waals surface area (Å²) in [6, 6.07) is 20.6. The second kappa shape index (κ2) is 13.0. The molecular formula is C29H29ClN4O5. The molecule has 39 heavy (non-hydrogen) atoms. The molecule has 0 saturated carbocycles. The van der Waals surface area contributed by atoms with Gasteiger partial charge in [0.2, 0.25) is 5.91 Å². The van der Waals surface area contributed by atoms with E-state index in [0.717, 1.165) is 10.1 Å². The smallest absolute Gasteiger partial charge is 0.332 e. The third kappa shape index (κ3) is 6.81. The van der Waals surface area contributed by atoms with Crippen molar-refractivity contribution in [1.82, 2.24) is 19.8 Å². The number of methoxy groups -OCH3 is 1. The van der Waals surface area contributed by atoms with Crippen molar-refractivity contribution in [2.75, 3.05) is 20.3 Å². The molecule has 0 bridgehead atoms. The number of aromatic nitrogens is 2. The summed E-state index contributed by atoms with van der Waals surface area (Å²) in [6.07, 6.45) is 0.644. The number of benzene rings is 3. The molecule has 202 valence electrons. The second-order valence-corrected chi connectivity index (χ2v) is 9.35. The predicted molar refractivity (Wildman–Crippen MR) is 150 cm³/mol. The highest BCUT2D eigenvalue weighted by Crippen LogP contribution is 2.15. The van der Waals surface area contributed by atoms with Crippen LogP contribution in [-0.4, -0.2) is 41.2 Å². The van der Waals surface area contributed by atoms with Crippen LogP contribution < -0.4 is 21.9 Å². The summed E-state index contributed by atoms with van der Waals surface area (Å²) in [6.45, 7) is 0.968. The molecule has 4 rings (SSSR count). The van der Waals surface area contributed by atoms with Crippen LogP contribution in [0.25, 0.3) is 10.9 Å². The zero-order valence-electron chi connectivity index (χ0n) is 21.5. The van der Waals surface area contributed by atoms with Crippen LogP contribution in [0.15, 0.2) is 82.4 Å². The van der Waals surface area contributed by atoms with E-state index in [2.05, 4.69) is 10.6 Å². The third-order valence-corrected chi connectivity index (χ3v) is 6.60. The van der Waals surface area contributed by atoms with E-state index in [-0.39, 0.29) is 31.4 Å². The van der Waals surface area contributed by atoms with Gasteiger partial charge in [0.25, 0.3) is 11.5 Å². The van der Waals surface area contributed by atoms with Crippen molar-refractivity contribution in [2.45, 2.75) is 26.1 Å². The highest BCUT2D eigenvalue weighted by molar-refractivity contribution is 6.31. The van der Waals surface area contributed by atoms with Gasteiger partial charge in [-0.2, -0.15) is 0 Å². The first-order valence-corrected chi connectivity index (χ1v) is 12.9. The molecule has 1 heterocycles. The Hall–Kier alpha value is -4.21. The fraction of sp³-hybridized carbons (Fsp3) is 0.241. The second-order valence-electron chi connectivity index (χ2n) is 8.94. The van der Waals surface area contributed by atoms with Gasteiger partial charge >= 0.3 is 5.69 Å². The minimum absolute atomic E-state index is 0.0144. The lowest BCUT2D eigenvalue weighted by molar-refractivity contribution is -0.121. The Morgan fingerprint density at radius 1 is 0.897 bits per heavy atom. The van der Waals surface area contributed by atoms with Crippen LogP contribution in [-0.2, 0) is 29.2 Å². The highest BCUT2D eigenvalue weighted by atomic mass is 35.5.